The van der Waals surface area contributed by atoms with Gasteiger partial charge in [0, 0.05) is 13.7 Å². The highest BCUT2D eigenvalue weighted by Crippen LogP contribution is 2.22. The summed E-state index contributed by atoms with van der Waals surface area (Å²) < 4.78 is 9.88. The van der Waals surface area contributed by atoms with Gasteiger partial charge in [-0.3, -0.25) is 9.59 Å². The van der Waals surface area contributed by atoms with E-state index in [0.717, 1.165) is 0 Å². The highest BCUT2D eigenvalue weighted by atomic mass is 16.5. The van der Waals surface area contributed by atoms with Crippen LogP contribution in [0, 0.1) is 0 Å². The lowest BCUT2D eigenvalue weighted by atomic mass is 10.1. The molecule has 1 unspecified atom stereocenters. The maximum absolute atomic E-state index is 11.8. The molecule has 0 aromatic heterocycles. The smallest absolute Gasteiger partial charge is 0.313 e. The minimum atomic E-state index is -1.24. The van der Waals surface area contributed by atoms with Crippen molar-refractivity contribution in [3.63, 3.8) is 0 Å². The van der Waals surface area contributed by atoms with Gasteiger partial charge in [0.05, 0.1) is 19.4 Å². The monoisotopic (exact) mass is 296 g/mol. The number of carbonyl (C=O) groups is 2. The van der Waals surface area contributed by atoms with Crippen molar-refractivity contribution < 1.29 is 24.2 Å². The van der Waals surface area contributed by atoms with E-state index in [1.807, 2.05) is 0 Å². The molecule has 0 aliphatic heterocycles. The van der Waals surface area contributed by atoms with Crippen LogP contribution in [-0.4, -0.2) is 49.9 Å². The van der Waals surface area contributed by atoms with Crippen LogP contribution >= 0.6 is 0 Å². The lowest BCUT2D eigenvalue weighted by Crippen LogP contribution is -2.46. The number of carbonyl (C=O) groups excluding carboxylic acids is 2. The average Bonchev–Trinajstić information content (AvgIpc) is 2.45. The van der Waals surface area contributed by atoms with Gasteiger partial charge in [0.1, 0.15) is 11.4 Å². The topological polar surface area (TPSA) is 96.9 Å². The van der Waals surface area contributed by atoms with E-state index in [4.69, 9.17) is 9.47 Å². The third-order valence-electron chi connectivity index (χ3n) is 2.65. The van der Waals surface area contributed by atoms with Crippen LogP contribution < -0.4 is 15.4 Å². The SMILES string of the molecule is COCC(C)(O)CNC(=O)C(=O)Nc1ccccc1OC. The number of para-hydroxylation sites is 2. The number of nitrogens with one attached hydrogen (secondary N) is 2. The van der Waals surface area contributed by atoms with E-state index in [2.05, 4.69) is 10.6 Å². The second-order valence-electron chi connectivity index (χ2n) is 4.77. The minimum Gasteiger partial charge on any atom is -0.495 e. The van der Waals surface area contributed by atoms with Crippen LogP contribution in [-0.2, 0) is 14.3 Å². The van der Waals surface area contributed by atoms with Crippen LogP contribution in [0.3, 0.4) is 0 Å². The molecule has 7 heteroatoms. The average molecular weight is 296 g/mol. The quantitative estimate of drug-likeness (QED) is 0.649. The Balaban J connectivity index is 2.57. The molecular formula is C14H20N2O5. The zero-order chi connectivity index (χ0) is 15.9. The lowest BCUT2D eigenvalue weighted by molar-refractivity contribution is -0.137. The number of ether oxygens (including phenoxy) is 2. The Morgan fingerprint density at radius 1 is 1.24 bits per heavy atom. The number of aliphatic hydroxyl groups is 1. The Labute approximate surface area is 123 Å². The molecular weight excluding hydrogens is 276 g/mol. The summed E-state index contributed by atoms with van der Waals surface area (Å²) in [4.78, 5) is 23.4. The fraction of sp³-hybridized carbons (Fsp3) is 0.429. The number of benzene rings is 1. The number of methoxy groups -OCH3 is 2. The van der Waals surface area contributed by atoms with Crippen molar-refractivity contribution in [1.29, 1.82) is 0 Å². The molecule has 0 fully saturated rings. The van der Waals surface area contributed by atoms with Gasteiger partial charge in [0.15, 0.2) is 0 Å². The molecule has 0 spiro atoms. The minimum absolute atomic E-state index is 0.0431. The highest BCUT2D eigenvalue weighted by Gasteiger charge is 2.23. The number of hydrogen-bond donors (Lipinski definition) is 3. The second-order valence-corrected chi connectivity index (χ2v) is 4.77. The van der Waals surface area contributed by atoms with E-state index in [1.165, 1.54) is 21.1 Å². The van der Waals surface area contributed by atoms with Crippen molar-refractivity contribution in [2.24, 2.45) is 0 Å². The molecule has 116 valence electrons. The second kappa shape index (κ2) is 7.61. The zero-order valence-corrected chi connectivity index (χ0v) is 12.3. The van der Waals surface area contributed by atoms with Gasteiger partial charge in [-0.15, -0.1) is 0 Å². The molecule has 2 amide bonds. The largest absolute Gasteiger partial charge is 0.495 e. The number of hydrogen-bond acceptors (Lipinski definition) is 5. The fourth-order valence-electron chi connectivity index (χ4n) is 1.64. The van der Waals surface area contributed by atoms with Gasteiger partial charge in [0.2, 0.25) is 0 Å². The lowest BCUT2D eigenvalue weighted by Gasteiger charge is -2.22. The Morgan fingerprint density at radius 2 is 1.90 bits per heavy atom. The first kappa shape index (κ1) is 16.9. The normalized spacial score (nSPS) is 13.1. The summed E-state index contributed by atoms with van der Waals surface area (Å²) in [7, 11) is 2.90. The third-order valence-corrected chi connectivity index (χ3v) is 2.65. The van der Waals surface area contributed by atoms with Crippen molar-refractivity contribution in [2.45, 2.75) is 12.5 Å². The van der Waals surface area contributed by atoms with E-state index in [-0.39, 0.29) is 13.2 Å². The standard InChI is InChI=1S/C14H20N2O5/c1-14(19,9-20-2)8-15-12(17)13(18)16-10-6-4-5-7-11(10)21-3/h4-7,19H,8-9H2,1-3H3,(H,15,17)(H,16,18). The molecule has 21 heavy (non-hydrogen) atoms. The molecule has 0 aliphatic carbocycles. The molecule has 0 bridgehead atoms. The van der Waals surface area contributed by atoms with E-state index < -0.39 is 17.4 Å². The van der Waals surface area contributed by atoms with Crippen LogP contribution in [0.2, 0.25) is 0 Å². The van der Waals surface area contributed by atoms with Crippen molar-refractivity contribution in [3.05, 3.63) is 24.3 Å². The summed E-state index contributed by atoms with van der Waals surface area (Å²) in [5.74, 6) is -1.24. The molecule has 3 N–H and O–H groups in total. The molecule has 0 saturated carbocycles. The summed E-state index contributed by atoms with van der Waals surface area (Å²) in [5, 5.41) is 14.6. The molecule has 0 heterocycles. The molecule has 0 saturated heterocycles. The highest BCUT2D eigenvalue weighted by molar-refractivity contribution is 6.39. The molecule has 7 nitrogen and oxygen atoms in total. The van der Waals surface area contributed by atoms with Crippen molar-refractivity contribution in [2.75, 3.05) is 32.7 Å². The summed E-state index contributed by atoms with van der Waals surface area (Å²) >= 11 is 0. The first-order valence-corrected chi connectivity index (χ1v) is 6.33. The van der Waals surface area contributed by atoms with Crippen LogP contribution in [0.15, 0.2) is 24.3 Å². The van der Waals surface area contributed by atoms with E-state index in [1.54, 1.807) is 24.3 Å². The maximum atomic E-state index is 11.8. The van der Waals surface area contributed by atoms with Crippen molar-refractivity contribution >= 4 is 17.5 Å². The Morgan fingerprint density at radius 3 is 2.52 bits per heavy atom. The van der Waals surface area contributed by atoms with Crippen LogP contribution in [0.4, 0.5) is 5.69 Å². The predicted octanol–water partition coefficient (Wildman–Crippen LogP) is 0.147. The Bertz CT molecular complexity index is 502. The number of anilines is 1. The van der Waals surface area contributed by atoms with E-state index in [0.29, 0.717) is 11.4 Å². The zero-order valence-electron chi connectivity index (χ0n) is 12.3. The molecule has 0 aliphatic rings. The summed E-state index contributed by atoms with van der Waals surface area (Å²) in [6.07, 6.45) is 0. The van der Waals surface area contributed by atoms with Gasteiger partial charge < -0.3 is 25.2 Å². The molecule has 1 aromatic rings. The third kappa shape index (κ3) is 5.41. The van der Waals surface area contributed by atoms with Crippen LogP contribution in [0.1, 0.15) is 6.92 Å². The van der Waals surface area contributed by atoms with Gasteiger partial charge in [-0.2, -0.15) is 0 Å². The summed E-state index contributed by atoms with van der Waals surface area (Å²) in [6.45, 7) is 1.44. The Kier molecular flexibility index (Phi) is 6.13. The number of rotatable bonds is 6. The van der Waals surface area contributed by atoms with Crippen molar-refractivity contribution in [1.82, 2.24) is 5.32 Å². The van der Waals surface area contributed by atoms with Crippen LogP contribution in [0.5, 0.6) is 5.75 Å². The van der Waals surface area contributed by atoms with Gasteiger partial charge in [-0.1, -0.05) is 12.1 Å². The predicted molar refractivity (Wildman–Crippen MR) is 77.1 cm³/mol. The Hall–Kier alpha value is -2.12. The summed E-state index contributed by atoms with van der Waals surface area (Å²) in [6, 6.07) is 6.73. The number of amides is 2. The summed E-state index contributed by atoms with van der Waals surface area (Å²) in [5.41, 5.74) is -0.849. The van der Waals surface area contributed by atoms with Gasteiger partial charge in [-0.25, -0.2) is 0 Å². The first-order chi connectivity index (χ1) is 9.89. The van der Waals surface area contributed by atoms with Gasteiger partial charge in [-0.05, 0) is 19.1 Å². The van der Waals surface area contributed by atoms with Gasteiger partial charge in [0.25, 0.3) is 0 Å². The molecule has 1 rings (SSSR count). The molecule has 0 radical (unpaired) electrons. The van der Waals surface area contributed by atoms with E-state index in [9.17, 15) is 14.7 Å². The van der Waals surface area contributed by atoms with Gasteiger partial charge >= 0.3 is 11.8 Å². The van der Waals surface area contributed by atoms with Crippen LogP contribution in [0.25, 0.3) is 0 Å². The maximum Gasteiger partial charge on any atom is 0.313 e. The van der Waals surface area contributed by atoms with Crippen molar-refractivity contribution in [3.8, 4) is 5.75 Å². The fourth-order valence-corrected chi connectivity index (χ4v) is 1.64. The molecule has 1 atom stereocenters. The first-order valence-electron chi connectivity index (χ1n) is 6.33. The molecule has 1 aromatic carbocycles. The van der Waals surface area contributed by atoms with E-state index >= 15 is 0 Å².